The lowest BCUT2D eigenvalue weighted by Gasteiger charge is -2.27. The van der Waals surface area contributed by atoms with Crippen LogP contribution in [-0.4, -0.2) is 51.2 Å². The maximum absolute atomic E-state index is 12.0. The van der Waals surface area contributed by atoms with E-state index in [0.717, 1.165) is 18.7 Å². The van der Waals surface area contributed by atoms with Crippen LogP contribution in [0.5, 0.6) is 0 Å². The Morgan fingerprint density at radius 2 is 1.80 bits per heavy atom. The number of hydrogen-bond acceptors (Lipinski definition) is 4. The Labute approximate surface area is 119 Å². The van der Waals surface area contributed by atoms with E-state index in [9.17, 15) is 13.2 Å². The first-order valence-electron chi connectivity index (χ1n) is 6.80. The summed E-state index contributed by atoms with van der Waals surface area (Å²) in [7, 11) is -3.23. The van der Waals surface area contributed by atoms with Crippen molar-refractivity contribution in [2.45, 2.75) is 12.2 Å². The molecule has 1 aliphatic rings. The molecule has 1 aliphatic heterocycles. The van der Waals surface area contributed by atoms with Crippen LogP contribution in [0.4, 0.5) is 0 Å². The van der Waals surface area contributed by atoms with Crippen LogP contribution in [0.3, 0.4) is 0 Å². The second-order valence-electron chi connectivity index (χ2n) is 4.96. The molecule has 20 heavy (non-hydrogen) atoms. The van der Waals surface area contributed by atoms with Gasteiger partial charge in [0.2, 0.25) is 5.91 Å². The summed E-state index contributed by atoms with van der Waals surface area (Å²) in [5.74, 6) is -0.143. The first-order chi connectivity index (χ1) is 9.57. The molecule has 0 aromatic heterocycles. The Hall–Kier alpha value is -1.40. The van der Waals surface area contributed by atoms with Gasteiger partial charge in [-0.2, -0.15) is 0 Å². The number of nitrogens with one attached hydrogen (secondary N) is 1. The molecule has 1 aromatic carbocycles. The Kier molecular flexibility index (Phi) is 5.14. The van der Waals surface area contributed by atoms with Crippen LogP contribution in [0.1, 0.15) is 12.0 Å². The first-order valence-corrected chi connectivity index (χ1v) is 8.62. The summed E-state index contributed by atoms with van der Waals surface area (Å²) >= 11 is 0. The molecule has 1 aromatic rings. The van der Waals surface area contributed by atoms with Crippen LogP contribution in [-0.2, 0) is 20.4 Å². The molecular formula is C14H20N2O3S. The summed E-state index contributed by atoms with van der Waals surface area (Å²) in [6.45, 7) is 2.89. The van der Waals surface area contributed by atoms with Gasteiger partial charge in [-0.05, 0) is 5.56 Å². The topological polar surface area (TPSA) is 66.5 Å². The van der Waals surface area contributed by atoms with E-state index in [0.29, 0.717) is 13.1 Å². The average Bonchev–Trinajstić information content (AvgIpc) is 2.46. The molecule has 1 saturated heterocycles. The zero-order valence-corrected chi connectivity index (χ0v) is 12.2. The monoisotopic (exact) mass is 296 g/mol. The predicted octanol–water partition coefficient (Wildman–Crippen LogP) is 0.423. The average molecular weight is 296 g/mol. The molecule has 0 radical (unpaired) electrons. The van der Waals surface area contributed by atoms with Gasteiger partial charge in [0.15, 0.2) is 9.84 Å². The van der Waals surface area contributed by atoms with Crippen LogP contribution in [0.15, 0.2) is 30.3 Å². The van der Waals surface area contributed by atoms with Gasteiger partial charge in [-0.15, -0.1) is 0 Å². The lowest BCUT2D eigenvalue weighted by atomic mass is 10.2. The second-order valence-corrected chi connectivity index (χ2v) is 7.14. The lowest BCUT2D eigenvalue weighted by Crippen LogP contribution is -2.46. The summed E-state index contributed by atoms with van der Waals surface area (Å²) in [6.07, 6.45) is 0.0785. The molecule has 0 aliphatic carbocycles. The minimum atomic E-state index is -3.23. The molecule has 0 bridgehead atoms. The molecule has 110 valence electrons. The Balaban J connectivity index is 1.84. The molecule has 0 saturated carbocycles. The van der Waals surface area contributed by atoms with Gasteiger partial charge in [0.25, 0.3) is 0 Å². The molecule has 1 N–H and O–H groups in total. The molecule has 5 nitrogen and oxygen atoms in total. The van der Waals surface area contributed by atoms with Gasteiger partial charge in [0.1, 0.15) is 0 Å². The van der Waals surface area contributed by atoms with E-state index in [1.165, 1.54) is 0 Å². The van der Waals surface area contributed by atoms with E-state index in [-0.39, 0.29) is 23.8 Å². The van der Waals surface area contributed by atoms with Gasteiger partial charge >= 0.3 is 0 Å². The van der Waals surface area contributed by atoms with Crippen LogP contribution in [0.2, 0.25) is 0 Å². The lowest BCUT2D eigenvalue weighted by molar-refractivity contribution is -0.131. The predicted molar refractivity (Wildman–Crippen MR) is 78.0 cm³/mol. The Morgan fingerprint density at radius 3 is 2.45 bits per heavy atom. The highest BCUT2D eigenvalue weighted by atomic mass is 32.2. The largest absolute Gasteiger partial charge is 0.340 e. The van der Waals surface area contributed by atoms with Gasteiger partial charge in [-0.3, -0.25) is 4.79 Å². The third-order valence-electron chi connectivity index (χ3n) is 3.33. The molecule has 1 amide bonds. The van der Waals surface area contributed by atoms with Crippen LogP contribution in [0, 0.1) is 0 Å². The molecule has 0 atom stereocenters. The first kappa shape index (κ1) is 15.0. The number of piperazine rings is 1. The van der Waals surface area contributed by atoms with Crippen molar-refractivity contribution in [3.8, 4) is 0 Å². The highest BCUT2D eigenvalue weighted by Crippen LogP contribution is 2.08. The molecule has 2 rings (SSSR count). The number of sulfone groups is 1. The Morgan fingerprint density at radius 1 is 1.15 bits per heavy atom. The van der Waals surface area contributed by atoms with Crippen molar-refractivity contribution >= 4 is 15.7 Å². The van der Waals surface area contributed by atoms with E-state index >= 15 is 0 Å². The maximum atomic E-state index is 12.0. The molecule has 0 spiro atoms. The van der Waals surface area contributed by atoms with E-state index in [2.05, 4.69) is 5.32 Å². The minimum Gasteiger partial charge on any atom is -0.340 e. The summed E-state index contributed by atoms with van der Waals surface area (Å²) in [4.78, 5) is 13.7. The maximum Gasteiger partial charge on any atom is 0.223 e. The summed E-state index contributed by atoms with van der Waals surface area (Å²) in [5, 5.41) is 3.16. The fourth-order valence-corrected chi connectivity index (χ4v) is 3.55. The zero-order valence-electron chi connectivity index (χ0n) is 11.4. The number of carbonyl (C=O) groups is 1. The SMILES string of the molecule is O=C(CCS(=O)(=O)Cc1ccccc1)N1CCNCC1. The van der Waals surface area contributed by atoms with Crippen molar-refractivity contribution in [1.82, 2.24) is 10.2 Å². The van der Waals surface area contributed by atoms with Crippen LogP contribution < -0.4 is 5.32 Å². The molecule has 6 heteroatoms. The second kappa shape index (κ2) is 6.85. The minimum absolute atomic E-state index is 0.00265. The van der Waals surface area contributed by atoms with Crippen molar-refractivity contribution < 1.29 is 13.2 Å². The third-order valence-corrected chi connectivity index (χ3v) is 4.93. The number of carbonyl (C=O) groups excluding carboxylic acids is 1. The molecule has 0 unspecified atom stereocenters. The van der Waals surface area contributed by atoms with E-state index < -0.39 is 9.84 Å². The molecule has 1 heterocycles. The van der Waals surface area contributed by atoms with Gasteiger partial charge < -0.3 is 10.2 Å². The quantitative estimate of drug-likeness (QED) is 0.855. The summed E-state index contributed by atoms with van der Waals surface area (Å²) < 4.78 is 24.0. The smallest absolute Gasteiger partial charge is 0.223 e. The summed E-state index contributed by atoms with van der Waals surface area (Å²) in [5.41, 5.74) is 0.766. The van der Waals surface area contributed by atoms with Crippen molar-refractivity contribution in [2.24, 2.45) is 0 Å². The fraction of sp³-hybridized carbons (Fsp3) is 0.500. The van der Waals surface area contributed by atoms with Crippen molar-refractivity contribution in [3.63, 3.8) is 0 Å². The van der Waals surface area contributed by atoms with Crippen LogP contribution in [0.25, 0.3) is 0 Å². The van der Waals surface area contributed by atoms with Gasteiger partial charge in [0, 0.05) is 32.6 Å². The van der Waals surface area contributed by atoms with Crippen molar-refractivity contribution in [3.05, 3.63) is 35.9 Å². The Bertz CT molecular complexity index is 537. The van der Waals surface area contributed by atoms with Crippen molar-refractivity contribution in [1.29, 1.82) is 0 Å². The van der Waals surface area contributed by atoms with Gasteiger partial charge in [-0.25, -0.2) is 8.42 Å². The molecular weight excluding hydrogens is 276 g/mol. The number of hydrogen-bond donors (Lipinski definition) is 1. The normalized spacial score (nSPS) is 16.1. The highest BCUT2D eigenvalue weighted by Gasteiger charge is 2.19. The van der Waals surface area contributed by atoms with Gasteiger partial charge in [-0.1, -0.05) is 30.3 Å². The van der Waals surface area contributed by atoms with E-state index in [1.807, 2.05) is 18.2 Å². The summed E-state index contributed by atoms with van der Waals surface area (Å²) in [6, 6.07) is 9.06. The van der Waals surface area contributed by atoms with E-state index in [1.54, 1.807) is 17.0 Å². The van der Waals surface area contributed by atoms with Crippen LogP contribution >= 0.6 is 0 Å². The van der Waals surface area contributed by atoms with Crippen molar-refractivity contribution in [2.75, 3.05) is 31.9 Å². The highest BCUT2D eigenvalue weighted by molar-refractivity contribution is 7.90. The number of rotatable bonds is 5. The fourth-order valence-electron chi connectivity index (χ4n) is 2.22. The van der Waals surface area contributed by atoms with E-state index in [4.69, 9.17) is 0 Å². The number of nitrogens with zero attached hydrogens (tertiary/aromatic N) is 1. The zero-order chi connectivity index (χ0) is 14.4. The third kappa shape index (κ3) is 4.61. The standard InChI is InChI=1S/C14H20N2O3S/c17-14(16-9-7-15-8-10-16)6-11-20(18,19)12-13-4-2-1-3-5-13/h1-5,15H,6-12H2. The molecule has 1 fully saturated rings. The van der Waals surface area contributed by atoms with Gasteiger partial charge in [0.05, 0.1) is 11.5 Å². The number of benzene rings is 1. The number of amides is 1.